The summed E-state index contributed by atoms with van der Waals surface area (Å²) >= 11 is 0. The van der Waals surface area contributed by atoms with Crippen molar-refractivity contribution < 1.29 is 14.5 Å². The number of rotatable bonds is 6. The Hall–Kier alpha value is -2.15. The highest BCUT2D eigenvalue weighted by Crippen LogP contribution is 2.36. The molecule has 0 radical (unpaired) electrons. The third-order valence-corrected chi connectivity index (χ3v) is 3.85. The van der Waals surface area contributed by atoms with E-state index in [0.717, 1.165) is 12.8 Å². The summed E-state index contributed by atoms with van der Waals surface area (Å²) < 4.78 is 5.08. The van der Waals surface area contributed by atoms with Crippen LogP contribution in [-0.4, -0.2) is 42.5 Å². The van der Waals surface area contributed by atoms with Crippen LogP contribution in [0.3, 0.4) is 0 Å². The number of amides is 1. The second-order valence-corrected chi connectivity index (χ2v) is 5.17. The Balaban J connectivity index is 2.34. The van der Waals surface area contributed by atoms with Crippen LogP contribution in [0.25, 0.3) is 0 Å². The molecule has 1 unspecified atom stereocenters. The van der Waals surface area contributed by atoms with Gasteiger partial charge in [-0.15, -0.1) is 0 Å². The van der Waals surface area contributed by atoms with Gasteiger partial charge in [0.25, 0.3) is 5.91 Å². The van der Waals surface area contributed by atoms with E-state index in [9.17, 15) is 14.9 Å². The fourth-order valence-electron chi connectivity index (χ4n) is 2.54. The molecule has 2 rings (SSSR count). The van der Waals surface area contributed by atoms with Crippen LogP contribution in [0.2, 0.25) is 0 Å². The normalized spacial score (nSPS) is 15.4. The molecule has 2 N–H and O–H groups in total. The van der Waals surface area contributed by atoms with E-state index in [-0.39, 0.29) is 28.9 Å². The zero-order chi connectivity index (χ0) is 15.6. The highest BCUT2D eigenvalue weighted by molar-refractivity contribution is 5.98. The molecular formula is C14H19N3O4. The molecule has 1 fully saturated rings. The van der Waals surface area contributed by atoms with Gasteiger partial charge in [-0.1, -0.05) is 6.07 Å². The molecule has 1 aliphatic carbocycles. The number of ether oxygens (including phenoxy) is 1. The highest BCUT2D eigenvalue weighted by atomic mass is 16.6. The first-order valence-corrected chi connectivity index (χ1v) is 6.79. The summed E-state index contributed by atoms with van der Waals surface area (Å²) in [5.74, 6) is 0.109. The number of nitrogens with two attached hydrogens (primary N) is 1. The van der Waals surface area contributed by atoms with Crippen molar-refractivity contribution in [1.82, 2.24) is 4.90 Å². The number of nitrogens with zero attached hydrogens (tertiary/aromatic N) is 2. The molecule has 0 spiro atoms. The minimum absolute atomic E-state index is 0.00841. The molecule has 21 heavy (non-hydrogen) atoms. The van der Waals surface area contributed by atoms with E-state index in [1.54, 1.807) is 11.9 Å². The van der Waals surface area contributed by atoms with Gasteiger partial charge in [0, 0.05) is 25.7 Å². The van der Waals surface area contributed by atoms with Crippen molar-refractivity contribution in [3.8, 4) is 5.75 Å². The number of likely N-dealkylation sites (N-methyl/N-ethyl adjacent to an activating group) is 1. The Morgan fingerprint density at radius 1 is 1.57 bits per heavy atom. The zero-order valence-electron chi connectivity index (χ0n) is 12.1. The molecule has 7 heteroatoms. The van der Waals surface area contributed by atoms with E-state index < -0.39 is 4.92 Å². The second kappa shape index (κ2) is 6.09. The van der Waals surface area contributed by atoms with Crippen molar-refractivity contribution >= 4 is 11.6 Å². The Morgan fingerprint density at radius 2 is 2.24 bits per heavy atom. The Morgan fingerprint density at radius 3 is 2.71 bits per heavy atom. The van der Waals surface area contributed by atoms with Crippen molar-refractivity contribution in [2.75, 3.05) is 20.7 Å². The van der Waals surface area contributed by atoms with Gasteiger partial charge in [0.1, 0.15) is 0 Å². The Kier molecular flexibility index (Phi) is 4.42. The zero-order valence-corrected chi connectivity index (χ0v) is 12.1. The summed E-state index contributed by atoms with van der Waals surface area (Å²) in [5.41, 5.74) is 5.72. The fourth-order valence-corrected chi connectivity index (χ4v) is 2.54. The summed E-state index contributed by atoms with van der Waals surface area (Å²) in [7, 11) is 3.00. The monoisotopic (exact) mass is 293 g/mol. The number of carbonyl (C=O) groups excluding carboxylic acids is 1. The molecular weight excluding hydrogens is 274 g/mol. The van der Waals surface area contributed by atoms with Crippen molar-refractivity contribution in [1.29, 1.82) is 0 Å². The highest BCUT2D eigenvalue weighted by Gasteiger charge is 2.36. The summed E-state index contributed by atoms with van der Waals surface area (Å²) in [6.07, 6.45) is 2.12. The first kappa shape index (κ1) is 15.2. The molecule has 0 aliphatic heterocycles. The first-order chi connectivity index (χ1) is 10.0. The maximum absolute atomic E-state index is 12.6. The van der Waals surface area contributed by atoms with E-state index >= 15 is 0 Å². The van der Waals surface area contributed by atoms with Crippen molar-refractivity contribution in [3.05, 3.63) is 33.9 Å². The summed E-state index contributed by atoms with van der Waals surface area (Å²) in [5, 5.41) is 11.0. The van der Waals surface area contributed by atoms with Crippen LogP contribution in [0.1, 0.15) is 23.2 Å². The average molecular weight is 293 g/mol. The van der Waals surface area contributed by atoms with Crippen molar-refractivity contribution in [2.24, 2.45) is 11.7 Å². The summed E-state index contributed by atoms with van der Waals surface area (Å²) in [6.45, 7) is 0.379. The molecule has 1 amide bonds. The molecule has 0 aromatic heterocycles. The van der Waals surface area contributed by atoms with Crippen LogP contribution in [0.15, 0.2) is 18.2 Å². The quantitative estimate of drug-likeness (QED) is 0.631. The lowest BCUT2D eigenvalue weighted by Crippen LogP contribution is -2.43. The molecule has 1 aliphatic rings. The topological polar surface area (TPSA) is 98.7 Å². The smallest absolute Gasteiger partial charge is 0.311 e. The van der Waals surface area contributed by atoms with Crippen LogP contribution in [0.5, 0.6) is 5.75 Å². The predicted octanol–water partition coefficient (Wildman–Crippen LogP) is 1.41. The number of nitro groups is 1. The largest absolute Gasteiger partial charge is 0.490 e. The van der Waals surface area contributed by atoms with E-state index in [4.69, 9.17) is 10.5 Å². The van der Waals surface area contributed by atoms with Gasteiger partial charge in [-0.25, -0.2) is 0 Å². The minimum atomic E-state index is -0.559. The maximum Gasteiger partial charge on any atom is 0.311 e. The summed E-state index contributed by atoms with van der Waals surface area (Å²) in [4.78, 5) is 24.6. The Labute approximate surface area is 122 Å². The Bertz CT molecular complexity index is 557. The molecule has 7 nitrogen and oxygen atoms in total. The SMILES string of the molecule is COc1c(C(=O)N(C)C(CN)C2CC2)cccc1[N+](=O)[O-]. The number of methoxy groups -OCH3 is 1. The molecule has 0 bridgehead atoms. The molecule has 114 valence electrons. The summed E-state index contributed by atoms with van der Waals surface area (Å²) in [6, 6.07) is 4.29. The van der Waals surface area contributed by atoms with E-state index in [0.29, 0.717) is 12.5 Å². The van der Waals surface area contributed by atoms with Crippen molar-refractivity contribution in [2.45, 2.75) is 18.9 Å². The lowest BCUT2D eigenvalue weighted by Gasteiger charge is -2.27. The molecule has 1 saturated carbocycles. The van der Waals surface area contributed by atoms with Crippen LogP contribution in [0.4, 0.5) is 5.69 Å². The third kappa shape index (κ3) is 2.97. The van der Waals surface area contributed by atoms with Gasteiger partial charge < -0.3 is 15.4 Å². The number of hydrogen-bond donors (Lipinski definition) is 1. The molecule has 0 heterocycles. The lowest BCUT2D eigenvalue weighted by molar-refractivity contribution is -0.385. The molecule has 1 aromatic carbocycles. The average Bonchev–Trinajstić information content (AvgIpc) is 3.30. The van der Waals surface area contributed by atoms with Gasteiger partial charge in [0.2, 0.25) is 5.75 Å². The van der Waals surface area contributed by atoms with Crippen LogP contribution in [-0.2, 0) is 0 Å². The van der Waals surface area contributed by atoms with Gasteiger partial charge in [0.05, 0.1) is 17.6 Å². The van der Waals surface area contributed by atoms with Crippen LogP contribution >= 0.6 is 0 Å². The third-order valence-electron chi connectivity index (χ3n) is 3.85. The second-order valence-electron chi connectivity index (χ2n) is 5.17. The molecule has 1 atom stereocenters. The lowest BCUT2D eigenvalue weighted by atomic mass is 10.1. The standard InChI is InChI=1S/C14H19N3O4/c1-16(12(8-15)9-6-7-9)14(18)10-4-3-5-11(17(19)20)13(10)21-2/h3-5,9,12H,6-8,15H2,1-2H3. The number of para-hydroxylation sites is 1. The van der Waals surface area contributed by atoms with Gasteiger partial charge in [0.15, 0.2) is 0 Å². The minimum Gasteiger partial charge on any atom is -0.490 e. The fraction of sp³-hybridized carbons (Fsp3) is 0.500. The van der Waals surface area contributed by atoms with E-state index in [1.807, 2.05) is 0 Å². The van der Waals surface area contributed by atoms with Crippen molar-refractivity contribution in [3.63, 3.8) is 0 Å². The molecule has 0 saturated heterocycles. The van der Waals surface area contributed by atoms with Crippen LogP contribution < -0.4 is 10.5 Å². The number of nitro benzene ring substituents is 1. The first-order valence-electron chi connectivity index (χ1n) is 6.79. The van der Waals surface area contributed by atoms with Gasteiger partial charge in [-0.2, -0.15) is 0 Å². The van der Waals surface area contributed by atoms with E-state index in [1.165, 1.54) is 25.3 Å². The number of carbonyl (C=O) groups is 1. The predicted molar refractivity (Wildman–Crippen MR) is 77.3 cm³/mol. The van der Waals surface area contributed by atoms with Gasteiger partial charge in [-0.05, 0) is 24.8 Å². The van der Waals surface area contributed by atoms with E-state index in [2.05, 4.69) is 0 Å². The van der Waals surface area contributed by atoms with Gasteiger partial charge >= 0.3 is 5.69 Å². The number of benzene rings is 1. The molecule has 1 aromatic rings. The maximum atomic E-state index is 12.6. The van der Waals surface area contributed by atoms with Gasteiger partial charge in [-0.3, -0.25) is 14.9 Å². The number of hydrogen-bond acceptors (Lipinski definition) is 5. The van der Waals surface area contributed by atoms with Crippen LogP contribution in [0, 0.1) is 16.0 Å².